The van der Waals surface area contributed by atoms with E-state index in [0.717, 1.165) is 29.5 Å². The minimum Gasteiger partial charge on any atom is -0.425 e. The summed E-state index contributed by atoms with van der Waals surface area (Å²) in [6.07, 6.45) is -2.71. The van der Waals surface area contributed by atoms with Crippen molar-refractivity contribution in [2.75, 3.05) is 6.61 Å². The number of aromatic nitrogens is 4. The summed E-state index contributed by atoms with van der Waals surface area (Å²) < 4.78 is 51.1. The summed E-state index contributed by atoms with van der Waals surface area (Å²) in [7, 11) is 1.47. The lowest BCUT2D eigenvalue weighted by molar-refractivity contribution is -0.274. The molecule has 0 unspecified atom stereocenters. The summed E-state index contributed by atoms with van der Waals surface area (Å²) in [5, 5.41) is 9.09. The third-order valence-electron chi connectivity index (χ3n) is 5.12. The molecule has 0 radical (unpaired) electrons. The lowest BCUT2D eigenvalue weighted by Gasteiger charge is -2.12. The molecular weight excluding hydrogens is 433 g/mol. The van der Waals surface area contributed by atoms with Gasteiger partial charge < -0.3 is 14.6 Å². The number of benzene rings is 1. The zero-order valence-electron chi connectivity index (χ0n) is 17.1. The van der Waals surface area contributed by atoms with Crippen LogP contribution in [0.3, 0.4) is 0 Å². The van der Waals surface area contributed by atoms with Gasteiger partial charge in [0.05, 0.1) is 0 Å². The number of nitrogens with zero attached hydrogens (tertiary/aromatic N) is 4. The van der Waals surface area contributed by atoms with E-state index in [9.17, 15) is 22.8 Å². The smallest absolute Gasteiger partial charge is 0.425 e. The first-order chi connectivity index (χ1) is 15.2. The highest BCUT2D eigenvalue weighted by molar-refractivity contribution is 5.72. The van der Waals surface area contributed by atoms with Gasteiger partial charge in [-0.25, -0.2) is 4.79 Å². The van der Waals surface area contributed by atoms with Crippen molar-refractivity contribution in [3.05, 3.63) is 45.1 Å². The molecule has 2 heterocycles. The van der Waals surface area contributed by atoms with Crippen LogP contribution in [0, 0.1) is 5.92 Å². The van der Waals surface area contributed by atoms with Gasteiger partial charge in [0, 0.05) is 32.8 Å². The molecule has 1 N–H and O–H groups in total. The monoisotopic (exact) mass is 454 g/mol. The highest BCUT2D eigenvalue weighted by Crippen LogP contribution is 2.35. The predicted molar refractivity (Wildman–Crippen MR) is 107 cm³/mol. The van der Waals surface area contributed by atoms with Gasteiger partial charge in [0.2, 0.25) is 0 Å². The Morgan fingerprint density at radius 3 is 2.56 bits per heavy atom. The molecule has 0 bridgehead atoms. The molecule has 4 rings (SSSR count). The molecule has 32 heavy (non-hydrogen) atoms. The van der Waals surface area contributed by atoms with Crippen molar-refractivity contribution in [2.24, 2.45) is 13.0 Å². The summed E-state index contributed by atoms with van der Waals surface area (Å²) in [6.45, 7) is 0.275. The van der Waals surface area contributed by atoms with Crippen LogP contribution >= 0.6 is 0 Å². The highest BCUT2D eigenvalue weighted by Gasteiger charge is 2.31. The van der Waals surface area contributed by atoms with Crippen molar-refractivity contribution >= 4 is 11.2 Å². The minimum absolute atomic E-state index is 0.0110. The van der Waals surface area contributed by atoms with Crippen LogP contribution in [0.25, 0.3) is 11.2 Å². The van der Waals surface area contributed by atoms with Crippen molar-refractivity contribution in [1.82, 2.24) is 18.7 Å². The Balaban J connectivity index is 1.80. The van der Waals surface area contributed by atoms with Crippen LogP contribution in [-0.2, 0) is 20.1 Å². The van der Waals surface area contributed by atoms with Crippen LogP contribution < -0.4 is 20.7 Å². The standard InChI is InChI=1S/C20H21F3N4O5/c1-25-16-15(17(29)26(19(25)30)8-3-9-28)27(11-12-6-7-12)18(24-16)31-13-4-2-5-14(10-13)32-20(21,22)23/h2,4-5,10,12,28H,3,6-9,11H2,1H3. The summed E-state index contributed by atoms with van der Waals surface area (Å²) in [5.74, 6) is -0.125. The molecule has 1 aromatic carbocycles. The van der Waals surface area contributed by atoms with E-state index in [1.54, 1.807) is 4.57 Å². The van der Waals surface area contributed by atoms with Gasteiger partial charge in [-0.05, 0) is 37.3 Å². The second-order valence-electron chi connectivity index (χ2n) is 7.62. The molecule has 172 valence electrons. The number of rotatable bonds is 8. The van der Waals surface area contributed by atoms with E-state index < -0.39 is 23.4 Å². The highest BCUT2D eigenvalue weighted by atomic mass is 19.4. The summed E-state index contributed by atoms with van der Waals surface area (Å²) >= 11 is 0. The number of aliphatic hydroxyl groups is 1. The summed E-state index contributed by atoms with van der Waals surface area (Å²) in [4.78, 5) is 30.1. The van der Waals surface area contributed by atoms with Crippen molar-refractivity contribution in [1.29, 1.82) is 0 Å². The zero-order chi connectivity index (χ0) is 23.0. The predicted octanol–water partition coefficient (Wildman–Crippen LogP) is 2.38. The van der Waals surface area contributed by atoms with E-state index in [2.05, 4.69) is 9.72 Å². The van der Waals surface area contributed by atoms with Crippen molar-refractivity contribution in [3.8, 4) is 17.5 Å². The van der Waals surface area contributed by atoms with E-state index in [-0.39, 0.29) is 42.5 Å². The Hall–Kier alpha value is -3.28. The Kier molecular flexibility index (Phi) is 5.71. The molecule has 1 aliphatic rings. The Labute approximate surface area is 179 Å². The Morgan fingerprint density at radius 1 is 1.19 bits per heavy atom. The maximum Gasteiger partial charge on any atom is 0.573 e. The molecule has 1 fully saturated rings. The van der Waals surface area contributed by atoms with E-state index in [1.807, 2.05) is 0 Å². The molecule has 0 spiro atoms. The SMILES string of the molecule is Cn1c(=O)n(CCCO)c(=O)c2c1nc(Oc1cccc(OC(F)(F)F)c1)n2CC1CC1. The molecular formula is C20H21F3N4O5. The molecule has 2 aromatic heterocycles. The molecule has 0 aliphatic heterocycles. The van der Waals surface area contributed by atoms with Gasteiger partial charge in [-0.15, -0.1) is 13.2 Å². The third-order valence-corrected chi connectivity index (χ3v) is 5.12. The van der Waals surface area contributed by atoms with Gasteiger partial charge in [0.15, 0.2) is 11.2 Å². The van der Waals surface area contributed by atoms with E-state index in [1.165, 1.54) is 23.7 Å². The molecule has 3 aromatic rings. The number of imidazole rings is 1. The number of ether oxygens (including phenoxy) is 2. The van der Waals surface area contributed by atoms with Gasteiger partial charge in [0.25, 0.3) is 5.56 Å². The van der Waals surface area contributed by atoms with E-state index >= 15 is 0 Å². The van der Waals surface area contributed by atoms with Crippen molar-refractivity contribution in [2.45, 2.75) is 38.7 Å². The van der Waals surface area contributed by atoms with Crippen LogP contribution in [0.1, 0.15) is 19.3 Å². The Bertz CT molecular complexity index is 1260. The fraction of sp³-hybridized carbons (Fsp3) is 0.450. The fourth-order valence-corrected chi connectivity index (χ4v) is 3.42. The van der Waals surface area contributed by atoms with Crippen LogP contribution in [-0.4, -0.2) is 36.8 Å². The largest absolute Gasteiger partial charge is 0.573 e. The fourth-order valence-electron chi connectivity index (χ4n) is 3.42. The van der Waals surface area contributed by atoms with Gasteiger partial charge in [0.1, 0.15) is 11.5 Å². The average Bonchev–Trinajstić information content (AvgIpc) is 3.46. The minimum atomic E-state index is -4.85. The molecule has 12 heteroatoms. The van der Waals surface area contributed by atoms with Crippen molar-refractivity contribution in [3.63, 3.8) is 0 Å². The maximum atomic E-state index is 13.1. The molecule has 1 aliphatic carbocycles. The maximum absolute atomic E-state index is 13.1. The molecule has 0 saturated heterocycles. The first kappa shape index (κ1) is 21.9. The number of alkyl halides is 3. The van der Waals surface area contributed by atoms with E-state index in [0.29, 0.717) is 12.5 Å². The molecule has 0 amide bonds. The normalized spacial score (nSPS) is 14.2. The molecule has 0 atom stereocenters. The van der Waals surface area contributed by atoms with Crippen LogP contribution in [0.15, 0.2) is 33.9 Å². The number of halogens is 3. The first-order valence-corrected chi connectivity index (χ1v) is 10.0. The topological polar surface area (TPSA) is 101 Å². The Morgan fingerprint density at radius 2 is 1.91 bits per heavy atom. The summed E-state index contributed by atoms with van der Waals surface area (Å²) in [5.41, 5.74) is -0.874. The lowest BCUT2D eigenvalue weighted by atomic mass is 10.3. The van der Waals surface area contributed by atoms with Gasteiger partial charge in [-0.2, -0.15) is 4.98 Å². The number of aryl methyl sites for hydroxylation is 1. The third kappa shape index (κ3) is 4.49. The lowest BCUT2D eigenvalue weighted by Crippen LogP contribution is -2.40. The average molecular weight is 454 g/mol. The number of hydrogen-bond acceptors (Lipinski definition) is 6. The van der Waals surface area contributed by atoms with Gasteiger partial charge >= 0.3 is 18.1 Å². The number of hydrogen-bond donors (Lipinski definition) is 1. The van der Waals surface area contributed by atoms with Crippen molar-refractivity contribution < 1.29 is 27.8 Å². The second-order valence-corrected chi connectivity index (χ2v) is 7.62. The number of fused-ring (bicyclic) bond motifs is 1. The quantitative estimate of drug-likeness (QED) is 0.561. The molecule has 9 nitrogen and oxygen atoms in total. The number of aliphatic hydroxyl groups excluding tert-OH is 1. The van der Waals surface area contributed by atoms with Gasteiger partial charge in [-0.1, -0.05) is 6.07 Å². The zero-order valence-corrected chi connectivity index (χ0v) is 17.1. The first-order valence-electron chi connectivity index (χ1n) is 10.0. The molecule has 1 saturated carbocycles. The summed E-state index contributed by atoms with van der Waals surface area (Å²) in [6, 6.07) is 4.96. The van der Waals surface area contributed by atoms with Crippen LogP contribution in [0.4, 0.5) is 13.2 Å². The van der Waals surface area contributed by atoms with Crippen LogP contribution in [0.5, 0.6) is 17.5 Å². The second kappa shape index (κ2) is 8.34. The van der Waals surface area contributed by atoms with Crippen LogP contribution in [0.2, 0.25) is 0 Å². The van der Waals surface area contributed by atoms with Gasteiger partial charge in [-0.3, -0.25) is 18.5 Å². The van der Waals surface area contributed by atoms with E-state index in [4.69, 9.17) is 9.84 Å².